The van der Waals surface area contributed by atoms with Gasteiger partial charge in [0, 0.05) is 17.7 Å². The lowest BCUT2D eigenvalue weighted by Gasteiger charge is -2.11. The molecule has 1 N–H and O–H groups in total. The number of hydrogen-bond donors (Lipinski definition) is 1. The van der Waals surface area contributed by atoms with E-state index in [4.69, 9.17) is 4.74 Å². The van der Waals surface area contributed by atoms with Crippen LogP contribution in [-0.2, 0) is 11.3 Å². The molecule has 0 aliphatic heterocycles. The fraction of sp³-hybridized carbons (Fsp3) is 0.188. The van der Waals surface area contributed by atoms with E-state index in [9.17, 15) is 5.26 Å². The minimum absolute atomic E-state index is 0.575. The third kappa shape index (κ3) is 3.32. The smallest absolute Gasteiger partial charge is 0.103 e. The van der Waals surface area contributed by atoms with E-state index in [0.29, 0.717) is 12.2 Å². The third-order valence-electron chi connectivity index (χ3n) is 2.87. The van der Waals surface area contributed by atoms with Crippen LogP contribution in [0.15, 0.2) is 47.4 Å². The lowest BCUT2D eigenvalue weighted by Crippen LogP contribution is -1.96. The quantitative estimate of drug-likeness (QED) is 0.837. The van der Waals surface area contributed by atoms with Gasteiger partial charge in [-0.25, -0.2) is 0 Å². The highest BCUT2D eigenvalue weighted by Gasteiger charge is 2.07. The van der Waals surface area contributed by atoms with Crippen LogP contribution in [0.5, 0.6) is 0 Å². The zero-order valence-corrected chi connectivity index (χ0v) is 12.3. The van der Waals surface area contributed by atoms with Gasteiger partial charge in [-0.3, -0.25) is 0 Å². The first kappa shape index (κ1) is 14.4. The highest BCUT2D eigenvalue weighted by molar-refractivity contribution is 7.98. The summed E-state index contributed by atoms with van der Waals surface area (Å²) in [4.78, 5) is 0.977. The molecule has 0 aliphatic carbocycles. The van der Waals surface area contributed by atoms with Gasteiger partial charge in [0.1, 0.15) is 6.07 Å². The Morgan fingerprint density at radius 3 is 2.75 bits per heavy atom. The molecule has 0 atom stereocenters. The Labute approximate surface area is 123 Å². The molecule has 20 heavy (non-hydrogen) atoms. The normalized spacial score (nSPS) is 10.1. The van der Waals surface area contributed by atoms with Crippen LogP contribution < -0.4 is 5.32 Å². The van der Waals surface area contributed by atoms with Crippen molar-refractivity contribution in [1.82, 2.24) is 0 Å². The second kappa shape index (κ2) is 6.99. The number of nitrogens with zero attached hydrogens (tertiary/aromatic N) is 1. The Bertz CT molecular complexity index is 635. The van der Waals surface area contributed by atoms with Crippen LogP contribution in [0.4, 0.5) is 11.4 Å². The third-order valence-corrected chi connectivity index (χ3v) is 3.65. The maximum Gasteiger partial charge on any atom is 0.103 e. The molecule has 0 amide bonds. The van der Waals surface area contributed by atoms with Crippen molar-refractivity contribution in [2.24, 2.45) is 0 Å². The van der Waals surface area contributed by atoms with Crippen molar-refractivity contribution < 1.29 is 4.74 Å². The first-order valence-corrected chi connectivity index (χ1v) is 7.43. The Hall–Kier alpha value is -1.96. The van der Waals surface area contributed by atoms with E-state index in [1.807, 2.05) is 48.7 Å². The Kier molecular flexibility index (Phi) is 5.05. The van der Waals surface area contributed by atoms with Crippen molar-refractivity contribution >= 4 is 23.1 Å². The van der Waals surface area contributed by atoms with E-state index in [1.54, 1.807) is 18.9 Å². The van der Waals surface area contributed by atoms with Crippen molar-refractivity contribution in [3.63, 3.8) is 0 Å². The zero-order valence-electron chi connectivity index (χ0n) is 11.5. The summed E-state index contributed by atoms with van der Waals surface area (Å²) >= 11 is 1.57. The number of nitriles is 1. The highest BCUT2D eigenvalue weighted by atomic mass is 32.2. The minimum atomic E-state index is 0.575. The van der Waals surface area contributed by atoms with E-state index in [2.05, 4.69) is 11.4 Å². The largest absolute Gasteiger partial charge is 0.380 e. The SMILES string of the molecule is COCc1cccc(Nc2cccc(SC)c2C#N)c1. The summed E-state index contributed by atoms with van der Waals surface area (Å²) in [7, 11) is 1.68. The maximum absolute atomic E-state index is 9.32. The van der Waals surface area contributed by atoms with Gasteiger partial charge in [0.05, 0.1) is 17.9 Å². The van der Waals surface area contributed by atoms with Crippen LogP contribution in [0.1, 0.15) is 11.1 Å². The van der Waals surface area contributed by atoms with Crippen molar-refractivity contribution in [3.8, 4) is 6.07 Å². The van der Waals surface area contributed by atoms with Crippen LogP contribution in [0.25, 0.3) is 0 Å². The predicted molar refractivity (Wildman–Crippen MR) is 83.4 cm³/mol. The fourth-order valence-electron chi connectivity index (χ4n) is 1.98. The molecule has 0 heterocycles. The predicted octanol–water partition coefficient (Wildman–Crippen LogP) is 4.17. The number of ether oxygens (including phenoxy) is 1. The molecule has 0 unspecified atom stereocenters. The van der Waals surface area contributed by atoms with Gasteiger partial charge in [-0.05, 0) is 36.1 Å². The number of methoxy groups -OCH3 is 1. The molecular weight excluding hydrogens is 268 g/mol. The molecule has 2 aromatic carbocycles. The molecule has 0 saturated heterocycles. The van der Waals surface area contributed by atoms with Gasteiger partial charge in [0.2, 0.25) is 0 Å². The summed E-state index contributed by atoms with van der Waals surface area (Å²) in [6.07, 6.45) is 1.97. The number of hydrogen-bond acceptors (Lipinski definition) is 4. The standard InChI is InChI=1S/C16H16N2OS/c1-19-11-12-5-3-6-13(9-12)18-15-7-4-8-16(20-2)14(15)10-17/h3-9,18H,11H2,1-2H3. The van der Waals surface area contributed by atoms with Gasteiger partial charge in [-0.15, -0.1) is 11.8 Å². The van der Waals surface area contributed by atoms with E-state index in [1.165, 1.54) is 0 Å². The molecule has 0 bridgehead atoms. The molecule has 0 aliphatic rings. The summed E-state index contributed by atoms with van der Waals surface area (Å²) in [5.74, 6) is 0. The van der Waals surface area contributed by atoms with Crippen molar-refractivity contribution in [2.45, 2.75) is 11.5 Å². The lowest BCUT2D eigenvalue weighted by molar-refractivity contribution is 0.185. The van der Waals surface area contributed by atoms with Gasteiger partial charge < -0.3 is 10.1 Å². The number of thioether (sulfide) groups is 1. The maximum atomic E-state index is 9.32. The lowest BCUT2D eigenvalue weighted by atomic mass is 10.1. The molecule has 0 aromatic heterocycles. The van der Waals surface area contributed by atoms with Crippen LogP contribution >= 0.6 is 11.8 Å². The molecule has 0 fully saturated rings. The first-order valence-electron chi connectivity index (χ1n) is 6.20. The molecule has 0 radical (unpaired) electrons. The number of benzene rings is 2. The minimum Gasteiger partial charge on any atom is -0.380 e. The monoisotopic (exact) mass is 284 g/mol. The molecule has 0 spiro atoms. The highest BCUT2D eigenvalue weighted by Crippen LogP contribution is 2.28. The molecule has 3 nitrogen and oxygen atoms in total. The summed E-state index contributed by atoms with van der Waals surface area (Å²) in [5, 5.41) is 12.6. The van der Waals surface area contributed by atoms with Crippen LogP contribution in [-0.4, -0.2) is 13.4 Å². The molecule has 102 valence electrons. The zero-order chi connectivity index (χ0) is 14.4. The van der Waals surface area contributed by atoms with E-state index in [0.717, 1.165) is 21.8 Å². The number of rotatable bonds is 5. The number of anilines is 2. The average Bonchev–Trinajstić information content (AvgIpc) is 2.47. The van der Waals surface area contributed by atoms with Crippen LogP contribution in [0.3, 0.4) is 0 Å². The Balaban J connectivity index is 2.30. The van der Waals surface area contributed by atoms with E-state index in [-0.39, 0.29) is 0 Å². The van der Waals surface area contributed by atoms with Gasteiger partial charge in [-0.2, -0.15) is 5.26 Å². The Morgan fingerprint density at radius 1 is 1.25 bits per heavy atom. The van der Waals surface area contributed by atoms with Crippen LogP contribution in [0.2, 0.25) is 0 Å². The second-order valence-corrected chi connectivity index (χ2v) is 5.10. The topological polar surface area (TPSA) is 45.0 Å². The summed E-state index contributed by atoms with van der Waals surface area (Å²) in [6.45, 7) is 0.575. The van der Waals surface area contributed by atoms with Gasteiger partial charge in [0.25, 0.3) is 0 Å². The summed E-state index contributed by atoms with van der Waals surface area (Å²) < 4.78 is 5.13. The van der Waals surface area contributed by atoms with Gasteiger partial charge in [-0.1, -0.05) is 18.2 Å². The summed E-state index contributed by atoms with van der Waals surface area (Å²) in [6, 6.07) is 16.1. The Morgan fingerprint density at radius 2 is 2.05 bits per heavy atom. The fourth-order valence-corrected chi connectivity index (χ4v) is 2.56. The molecular formula is C16H16N2OS. The average molecular weight is 284 g/mol. The molecule has 2 aromatic rings. The van der Waals surface area contributed by atoms with Gasteiger partial charge >= 0.3 is 0 Å². The van der Waals surface area contributed by atoms with E-state index < -0.39 is 0 Å². The number of nitrogens with one attached hydrogen (secondary N) is 1. The van der Waals surface area contributed by atoms with Crippen molar-refractivity contribution in [3.05, 3.63) is 53.6 Å². The molecule has 0 saturated carbocycles. The molecule has 4 heteroatoms. The van der Waals surface area contributed by atoms with Crippen molar-refractivity contribution in [2.75, 3.05) is 18.7 Å². The van der Waals surface area contributed by atoms with E-state index >= 15 is 0 Å². The first-order chi connectivity index (χ1) is 9.78. The van der Waals surface area contributed by atoms with Gasteiger partial charge in [0.15, 0.2) is 0 Å². The van der Waals surface area contributed by atoms with Crippen LogP contribution in [0, 0.1) is 11.3 Å². The second-order valence-electron chi connectivity index (χ2n) is 4.25. The van der Waals surface area contributed by atoms with Crippen molar-refractivity contribution in [1.29, 1.82) is 5.26 Å². The molecule has 2 rings (SSSR count). The summed E-state index contributed by atoms with van der Waals surface area (Å²) in [5.41, 5.74) is 3.55.